The third-order valence-corrected chi connectivity index (χ3v) is 3.76. The van der Waals surface area contributed by atoms with Crippen LogP contribution in [0.1, 0.15) is 12.8 Å². The maximum atomic E-state index is 12.2. The van der Waals surface area contributed by atoms with Gasteiger partial charge in [-0.15, -0.1) is 0 Å². The van der Waals surface area contributed by atoms with Crippen LogP contribution in [0.25, 0.3) is 0 Å². The summed E-state index contributed by atoms with van der Waals surface area (Å²) in [6.07, 6.45) is -3.62. The molecule has 0 aromatic rings. The lowest BCUT2D eigenvalue weighted by Crippen LogP contribution is -2.42. The molecule has 0 bridgehead atoms. The Kier molecular flexibility index (Phi) is 4.87. The Hall–Kier alpha value is -0.860. The van der Waals surface area contributed by atoms with Crippen molar-refractivity contribution in [3.8, 4) is 0 Å². The Morgan fingerprint density at radius 2 is 2.20 bits per heavy atom. The first-order valence-corrected chi connectivity index (χ1v) is 6.82. The number of likely N-dealkylation sites (tertiary alicyclic amines) is 1. The molecule has 116 valence electrons. The number of nitrogens with one attached hydrogen (secondary N) is 2. The number of aliphatic hydroxyl groups is 1. The molecule has 0 aromatic heterocycles. The Morgan fingerprint density at radius 1 is 1.45 bits per heavy atom. The summed E-state index contributed by atoms with van der Waals surface area (Å²) in [4.78, 5) is 13.1. The van der Waals surface area contributed by atoms with Crippen molar-refractivity contribution in [2.45, 2.75) is 31.2 Å². The van der Waals surface area contributed by atoms with Crippen LogP contribution in [0.3, 0.4) is 0 Å². The third kappa shape index (κ3) is 4.60. The predicted octanol–water partition coefficient (Wildman–Crippen LogP) is -0.290. The molecule has 3 unspecified atom stereocenters. The number of β-amino-alcohol motifs (C(OH)–C–C–N with tert-alkyl or cyclic N) is 1. The van der Waals surface area contributed by atoms with Crippen molar-refractivity contribution < 1.29 is 23.1 Å². The fourth-order valence-corrected chi connectivity index (χ4v) is 2.76. The van der Waals surface area contributed by atoms with Gasteiger partial charge in [-0.05, 0) is 25.3 Å². The number of amides is 1. The highest BCUT2D eigenvalue weighted by atomic mass is 19.4. The van der Waals surface area contributed by atoms with Crippen LogP contribution in [0.4, 0.5) is 13.2 Å². The first-order valence-electron chi connectivity index (χ1n) is 6.82. The number of halogens is 3. The number of carbonyl (C=O) groups excluding carboxylic acids is 1. The molecule has 3 atom stereocenters. The van der Waals surface area contributed by atoms with Gasteiger partial charge in [0.05, 0.1) is 18.7 Å². The largest absolute Gasteiger partial charge is 0.401 e. The summed E-state index contributed by atoms with van der Waals surface area (Å²) in [6.45, 7) is 0.692. The minimum atomic E-state index is -4.16. The zero-order valence-corrected chi connectivity index (χ0v) is 11.1. The van der Waals surface area contributed by atoms with Gasteiger partial charge in [0, 0.05) is 19.6 Å². The number of hydrogen-bond acceptors (Lipinski definition) is 4. The maximum absolute atomic E-state index is 12.2. The van der Waals surface area contributed by atoms with Crippen molar-refractivity contribution in [3.05, 3.63) is 0 Å². The topological polar surface area (TPSA) is 64.6 Å². The summed E-state index contributed by atoms with van der Waals surface area (Å²) in [5.74, 6) is -0.122. The number of hydrogen-bond donors (Lipinski definition) is 3. The van der Waals surface area contributed by atoms with E-state index < -0.39 is 24.9 Å². The molecule has 0 aromatic carbocycles. The maximum Gasteiger partial charge on any atom is 0.401 e. The number of alkyl halides is 3. The fourth-order valence-electron chi connectivity index (χ4n) is 2.76. The first-order chi connectivity index (χ1) is 9.33. The van der Waals surface area contributed by atoms with E-state index in [1.165, 1.54) is 4.90 Å². The van der Waals surface area contributed by atoms with Gasteiger partial charge in [-0.1, -0.05) is 0 Å². The summed E-state index contributed by atoms with van der Waals surface area (Å²) in [6, 6.07) is -0.391. The quantitative estimate of drug-likeness (QED) is 0.667. The van der Waals surface area contributed by atoms with Gasteiger partial charge in [0.2, 0.25) is 5.91 Å². The highest BCUT2D eigenvalue weighted by Crippen LogP contribution is 2.22. The van der Waals surface area contributed by atoms with Gasteiger partial charge in [0.25, 0.3) is 0 Å². The van der Waals surface area contributed by atoms with Gasteiger partial charge >= 0.3 is 6.18 Å². The second kappa shape index (κ2) is 6.28. The third-order valence-electron chi connectivity index (χ3n) is 3.76. The van der Waals surface area contributed by atoms with E-state index in [0.717, 1.165) is 0 Å². The molecule has 2 saturated heterocycles. The second-order valence-corrected chi connectivity index (χ2v) is 5.60. The van der Waals surface area contributed by atoms with Gasteiger partial charge in [0.15, 0.2) is 0 Å². The molecule has 0 radical (unpaired) electrons. The summed E-state index contributed by atoms with van der Waals surface area (Å²) >= 11 is 0. The van der Waals surface area contributed by atoms with Gasteiger partial charge in [0.1, 0.15) is 0 Å². The Balaban J connectivity index is 1.67. The molecule has 2 rings (SSSR count). The molecule has 2 aliphatic rings. The molecule has 2 heterocycles. The average molecular weight is 295 g/mol. The van der Waals surface area contributed by atoms with Crippen LogP contribution >= 0.6 is 0 Å². The molecule has 0 aliphatic carbocycles. The van der Waals surface area contributed by atoms with Crippen molar-refractivity contribution in [1.82, 2.24) is 15.5 Å². The van der Waals surface area contributed by atoms with E-state index in [2.05, 4.69) is 10.6 Å². The van der Waals surface area contributed by atoms with Crippen molar-refractivity contribution in [2.24, 2.45) is 5.92 Å². The van der Waals surface area contributed by atoms with Crippen molar-refractivity contribution in [1.29, 1.82) is 0 Å². The SMILES string of the molecule is O=C(NCC1CCN(CC(F)(F)F)C1)C1CC(O)CN1. The van der Waals surface area contributed by atoms with E-state index in [4.69, 9.17) is 0 Å². The fraction of sp³-hybridized carbons (Fsp3) is 0.917. The Bertz CT molecular complexity index is 351. The van der Waals surface area contributed by atoms with E-state index >= 15 is 0 Å². The summed E-state index contributed by atoms with van der Waals surface area (Å²) in [5, 5.41) is 15.0. The van der Waals surface area contributed by atoms with Crippen molar-refractivity contribution >= 4 is 5.91 Å². The van der Waals surface area contributed by atoms with Crippen LogP contribution in [-0.4, -0.2) is 67.0 Å². The van der Waals surface area contributed by atoms with Crippen LogP contribution in [0, 0.1) is 5.92 Å². The van der Waals surface area contributed by atoms with Gasteiger partial charge in [-0.2, -0.15) is 13.2 Å². The minimum Gasteiger partial charge on any atom is -0.392 e. The van der Waals surface area contributed by atoms with Crippen molar-refractivity contribution in [2.75, 3.05) is 32.7 Å². The van der Waals surface area contributed by atoms with Gasteiger partial charge in [-0.3, -0.25) is 9.69 Å². The molecule has 1 amide bonds. The smallest absolute Gasteiger partial charge is 0.392 e. The van der Waals surface area contributed by atoms with Crippen LogP contribution in [0.15, 0.2) is 0 Å². The van der Waals surface area contributed by atoms with Crippen LogP contribution in [-0.2, 0) is 4.79 Å². The molecule has 5 nitrogen and oxygen atoms in total. The monoisotopic (exact) mass is 295 g/mol. The predicted molar refractivity (Wildman–Crippen MR) is 66.0 cm³/mol. The Labute approximate surface area is 115 Å². The lowest BCUT2D eigenvalue weighted by molar-refractivity contribution is -0.143. The highest BCUT2D eigenvalue weighted by molar-refractivity contribution is 5.82. The molecular weight excluding hydrogens is 275 g/mol. The molecule has 0 spiro atoms. The van der Waals surface area contributed by atoms with Gasteiger partial charge in [-0.25, -0.2) is 0 Å². The van der Waals surface area contributed by atoms with E-state index in [9.17, 15) is 23.1 Å². The molecule has 0 saturated carbocycles. The first kappa shape index (κ1) is 15.5. The summed E-state index contributed by atoms with van der Waals surface area (Å²) in [5.41, 5.74) is 0. The van der Waals surface area contributed by atoms with E-state index in [-0.39, 0.29) is 11.8 Å². The lowest BCUT2D eigenvalue weighted by atomic mass is 10.1. The zero-order valence-electron chi connectivity index (χ0n) is 11.1. The summed E-state index contributed by atoms with van der Waals surface area (Å²) in [7, 11) is 0. The molecule has 3 N–H and O–H groups in total. The molecule has 20 heavy (non-hydrogen) atoms. The number of rotatable bonds is 4. The van der Waals surface area contributed by atoms with E-state index in [1.807, 2.05) is 0 Å². The summed E-state index contributed by atoms with van der Waals surface area (Å²) < 4.78 is 36.7. The molecule has 8 heteroatoms. The normalized spacial score (nSPS) is 31.7. The second-order valence-electron chi connectivity index (χ2n) is 5.60. The van der Waals surface area contributed by atoms with Crippen LogP contribution in [0.5, 0.6) is 0 Å². The van der Waals surface area contributed by atoms with E-state index in [0.29, 0.717) is 39.0 Å². The molecule has 2 fully saturated rings. The molecular formula is C12H20F3N3O2. The number of carbonyl (C=O) groups is 1. The number of aliphatic hydroxyl groups excluding tert-OH is 1. The highest BCUT2D eigenvalue weighted by Gasteiger charge is 2.34. The standard InChI is InChI=1S/C12H20F3N3O2/c13-12(14,15)7-18-2-1-8(6-18)4-17-11(20)10-3-9(19)5-16-10/h8-10,16,19H,1-7H2,(H,17,20). The average Bonchev–Trinajstić information content (AvgIpc) is 2.93. The van der Waals surface area contributed by atoms with Crippen LogP contribution in [0.2, 0.25) is 0 Å². The van der Waals surface area contributed by atoms with Crippen LogP contribution < -0.4 is 10.6 Å². The lowest BCUT2D eigenvalue weighted by Gasteiger charge is -2.18. The minimum absolute atomic E-state index is 0.0626. The van der Waals surface area contributed by atoms with Gasteiger partial charge < -0.3 is 15.7 Å². The number of nitrogens with zero attached hydrogens (tertiary/aromatic N) is 1. The van der Waals surface area contributed by atoms with E-state index in [1.54, 1.807) is 0 Å². The Morgan fingerprint density at radius 3 is 2.80 bits per heavy atom. The zero-order chi connectivity index (χ0) is 14.8. The van der Waals surface area contributed by atoms with Crippen molar-refractivity contribution in [3.63, 3.8) is 0 Å². The molecule has 2 aliphatic heterocycles.